The van der Waals surface area contributed by atoms with Crippen molar-refractivity contribution in [3.8, 4) is 0 Å². The van der Waals surface area contributed by atoms with Crippen LogP contribution in [0.1, 0.15) is 12.6 Å². The first-order valence-electron chi connectivity index (χ1n) is 8.27. The molecule has 1 aromatic carbocycles. The molecule has 1 saturated heterocycles. The molecule has 0 aliphatic carbocycles. The first-order chi connectivity index (χ1) is 11.4. The summed E-state index contributed by atoms with van der Waals surface area (Å²) in [5.74, 6) is 0. The number of benzene rings is 1. The van der Waals surface area contributed by atoms with Crippen molar-refractivity contribution in [3.63, 3.8) is 0 Å². The van der Waals surface area contributed by atoms with E-state index in [-0.39, 0.29) is 12.6 Å². The van der Waals surface area contributed by atoms with E-state index < -0.39 is 10.0 Å². The van der Waals surface area contributed by atoms with Crippen LogP contribution in [0.5, 0.6) is 0 Å². The number of hydrogen-bond acceptors (Lipinski definition) is 4. The number of hydrogen-bond donors (Lipinski definition) is 1. The van der Waals surface area contributed by atoms with Gasteiger partial charge in [-0.05, 0) is 19.9 Å². The Balaban J connectivity index is 2.02. The van der Waals surface area contributed by atoms with Crippen LogP contribution < -0.4 is 0 Å². The number of fused-ring (bicyclic) bond motifs is 1. The minimum atomic E-state index is -3.56. The van der Waals surface area contributed by atoms with Crippen LogP contribution in [-0.4, -0.2) is 66.1 Å². The number of aliphatic hydroxyl groups excluding tert-OH is 1. The minimum absolute atomic E-state index is 0.0991. The average molecular weight is 351 g/mol. The van der Waals surface area contributed by atoms with Crippen LogP contribution in [0.2, 0.25) is 0 Å². The van der Waals surface area contributed by atoms with Crippen molar-refractivity contribution in [1.29, 1.82) is 0 Å². The van der Waals surface area contributed by atoms with Crippen molar-refractivity contribution < 1.29 is 13.5 Å². The second-order valence-electron chi connectivity index (χ2n) is 6.48. The van der Waals surface area contributed by atoms with E-state index in [1.807, 2.05) is 49.7 Å². The van der Waals surface area contributed by atoms with Gasteiger partial charge < -0.3 is 9.67 Å². The highest BCUT2D eigenvalue weighted by atomic mass is 32.2. The van der Waals surface area contributed by atoms with Crippen LogP contribution in [-0.2, 0) is 17.1 Å². The lowest BCUT2D eigenvalue weighted by Gasteiger charge is -2.38. The second kappa shape index (κ2) is 6.48. The Morgan fingerprint density at radius 1 is 1.25 bits per heavy atom. The zero-order valence-corrected chi connectivity index (χ0v) is 15.3. The van der Waals surface area contributed by atoms with Gasteiger partial charge in [0.05, 0.1) is 6.61 Å². The van der Waals surface area contributed by atoms with E-state index in [0.717, 1.165) is 16.6 Å². The van der Waals surface area contributed by atoms with Crippen molar-refractivity contribution in [3.05, 3.63) is 30.0 Å². The zero-order chi connectivity index (χ0) is 17.5. The van der Waals surface area contributed by atoms with E-state index in [2.05, 4.69) is 4.90 Å². The Kier molecular flexibility index (Phi) is 4.70. The predicted octanol–water partition coefficient (Wildman–Crippen LogP) is 1.17. The smallest absolute Gasteiger partial charge is 0.245 e. The number of para-hydroxylation sites is 1. The van der Waals surface area contributed by atoms with E-state index in [9.17, 15) is 8.42 Å². The highest BCUT2D eigenvalue weighted by Crippen LogP contribution is 2.32. The Bertz CT molecular complexity index is 844. The highest BCUT2D eigenvalue weighted by molar-refractivity contribution is 7.89. The lowest BCUT2D eigenvalue weighted by molar-refractivity contribution is 0.120. The molecule has 2 aromatic rings. The minimum Gasteiger partial charge on any atom is -0.395 e. The Labute approximate surface area is 143 Å². The van der Waals surface area contributed by atoms with Crippen LogP contribution in [0.25, 0.3) is 10.9 Å². The predicted molar refractivity (Wildman–Crippen MR) is 94.5 cm³/mol. The molecule has 1 unspecified atom stereocenters. The van der Waals surface area contributed by atoms with E-state index in [1.54, 1.807) is 4.31 Å². The normalized spacial score (nSPS) is 20.8. The fraction of sp³-hybridized carbons (Fsp3) is 0.529. The molecule has 7 heteroatoms. The molecule has 0 saturated carbocycles. The SMILES string of the molecule is Cc1c(S(=O)(=O)N2CCN(CCO)CC2C)c2ccccc2n1C. The number of piperazine rings is 1. The van der Waals surface area contributed by atoms with Crippen molar-refractivity contribution >= 4 is 20.9 Å². The van der Waals surface area contributed by atoms with Gasteiger partial charge in [-0.2, -0.15) is 4.31 Å². The summed E-state index contributed by atoms with van der Waals surface area (Å²) < 4.78 is 30.3. The largest absolute Gasteiger partial charge is 0.395 e. The summed E-state index contributed by atoms with van der Waals surface area (Å²) in [7, 11) is -1.66. The van der Waals surface area contributed by atoms with Gasteiger partial charge in [0.2, 0.25) is 10.0 Å². The molecule has 1 aliphatic rings. The molecule has 1 aliphatic heterocycles. The monoisotopic (exact) mass is 351 g/mol. The van der Waals surface area contributed by atoms with Gasteiger partial charge in [0.15, 0.2) is 0 Å². The van der Waals surface area contributed by atoms with Gasteiger partial charge in [-0.3, -0.25) is 4.90 Å². The number of sulfonamides is 1. The number of rotatable bonds is 4. The summed E-state index contributed by atoms with van der Waals surface area (Å²) in [5.41, 5.74) is 1.70. The highest BCUT2D eigenvalue weighted by Gasteiger charge is 2.36. The summed E-state index contributed by atoms with van der Waals surface area (Å²) >= 11 is 0. The maximum atomic E-state index is 13.4. The molecule has 0 radical (unpaired) electrons. The van der Waals surface area contributed by atoms with Gasteiger partial charge in [-0.1, -0.05) is 18.2 Å². The third kappa shape index (κ3) is 2.75. The Morgan fingerprint density at radius 2 is 1.96 bits per heavy atom. The topological polar surface area (TPSA) is 65.8 Å². The molecule has 132 valence electrons. The van der Waals surface area contributed by atoms with Gasteiger partial charge in [0.1, 0.15) is 4.90 Å². The second-order valence-corrected chi connectivity index (χ2v) is 8.31. The van der Waals surface area contributed by atoms with Crippen molar-refractivity contribution in [2.75, 3.05) is 32.8 Å². The molecule has 1 fully saturated rings. The standard InChI is InChI=1S/C17H25N3O3S/c1-13-12-19(10-11-21)8-9-20(13)24(22,23)17-14(2)18(3)16-7-5-4-6-15(16)17/h4-7,13,21H,8-12H2,1-3H3. The summed E-state index contributed by atoms with van der Waals surface area (Å²) in [6.45, 7) is 6.22. The fourth-order valence-electron chi connectivity index (χ4n) is 3.65. The molecule has 2 heterocycles. The van der Waals surface area contributed by atoms with E-state index in [0.29, 0.717) is 31.1 Å². The number of aryl methyl sites for hydroxylation is 1. The van der Waals surface area contributed by atoms with Gasteiger partial charge in [0, 0.05) is 55.9 Å². The van der Waals surface area contributed by atoms with Gasteiger partial charge >= 0.3 is 0 Å². The van der Waals surface area contributed by atoms with Crippen LogP contribution in [0.4, 0.5) is 0 Å². The average Bonchev–Trinajstić information content (AvgIpc) is 2.80. The van der Waals surface area contributed by atoms with Crippen LogP contribution in [0.3, 0.4) is 0 Å². The zero-order valence-electron chi connectivity index (χ0n) is 14.4. The van der Waals surface area contributed by atoms with E-state index >= 15 is 0 Å². The molecule has 6 nitrogen and oxygen atoms in total. The summed E-state index contributed by atoms with van der Waals surface area (Å²) in [4.78, 5) is 2.52. The van der Waals surface area contributed by atoms with Crippen LogP contribution in [0.15, 0.2) is 29.2 Å². The van der Waals surface area contributed by atoms with Gasteiger partial charge in [-0.15, -0.1) is 0 Å². The maximum absolute atomic E-state index is 13.4. The lowest BCUT2D eigenvalue weighted by atomic mass is 10.2. The molecule has 1 N–H and O–H groups in total. The van der Waals surface area contributed by atoms with Gasteiger partial charge in [-0.25, -0.2) is 8.42 Å². The molecule has 1 atom stereocenters. The maximum Gasteiger partial charge on any atom is 0.245 e. The quantitative estimate of drug-likeness (QED) is 0.898. The molecule has 0 spiro atoms. The van der Waals surface area contributed by atoms with Crippen molar-refractivity contribution in [1.82, 2.24) is 13.8 Å². The summed E-state index contributed by atoms with van der Waals surface area (Å²) in [6, 6.07) is 7.51. The molecular formula is C17H25N3O3S. The van der Waals surface area contributed by atoms with E-state index in [1.165, 1.54) is 0 Å². The number of aromatic nitrogens is 1. The first-order valence-corrected chi connectivity index (χ1v) is 9.71. The molecule has 0 amide bonds. The van der Waals surface area contributed by atoms with Gasteiger partial charge in [0.25, 0.3) is 0 Å². The van der Waals surface area contributed by atoms with E-state index in [4.69, 9.17) is 5.11 Å². The Morgan fingerprint density at radius 3 is 2.62 bits per heavy atom. The van der Waals surface area contributed by atoms with Crippen molar-refractivity contribution in [2.45, 2.75) is 24.8 Å². The summed E-state index contributed by atoms with van der Waals surface area (Å²) in [6.07, 6.45) is 0. The lowest BCUT2D eigenvalue weighted by Crippen LogP contribution is -2.54. The Hall–Kier alpha value is -1.41. The molecule has 0 bridgehead atoms. The van der Waals surface area contributed by atoms with Crippen LogP contribution in [0, 0.1) is 6.92 Å². The summed E-state index contributed by atoms with van der Waals surface area (Å²) in [5, 5.41) is 9.87. The third-order valence-electron chi connectivity index (χ3n) is 4.98. The van der Waals surface area contributed by atoms with Crippen LogP contribution >= 0.6 is 0 Å². The van der Waals surface area contributed by atoms with Crippen molar-refractivity contribution in [2.24, 2.45) is 7.05 Å². The molecule has 3 rings (SSSR count). The molecule has 24 heavy (non-hydrogen) atoms. The fourth-order valence-corrected chi connectivity index (χ4v) is 5.70. The number of aliphatic hydroxyl groups is 1. The number of β-amino-alcohol motifs (C(OH)–C–C–N with tert-alkyl or cyclic N) is 1. The first kappa shape index (κ1) is 17.4. The third-order valence-corrected chi connectivity index (χ3v) is 7.17. The molecule has 1 aromatic heterocycles. The molecular weight excluding hydrogens is 326 g/mol. The number of nitrogens with zero attached hydrogens (tertiary/aromatic N) is 3.